The zero-order chi connectivity index (χ0) is 19.9. The van der Waals surface area contributed by atoms with Crippen LogP contribution in [0, 0.1) is 12.7 Å². The molecule has 0 aliphatic carbocycles. The van der Waals surface area contributed by atoms with Crippen molar-refractivity contribution in [3.8, 4) is 0 Å². The smallest absolute Gasteiger partial charge is 0.234 e. The van der Waals surface area contributed by atoms with E-state index in [1.165, 1.54) is 12.1 Å². The van der Waals surface area contributed by atoms with Crippen LogP contribution < -0.4 is 15.4 Å². The molecular weight excluding hydrogens is 518 g/mol. The second kappa shape index (κ2) is 11.4. The molecule has 154 valence electrons. The minimum Gasteiger partial charge on any atom is -0.355 e. The molecule has 2 aromatic carbocycles. The van der Waals surface area contributed by atoms with E-state index in [-0.39, 0.29) is 42.0 Å². The Bertz CT molecular complexity index is 926. The summed E-state index contributed by atoms with van der Waals surface area (Å²) in [7, 11) is -2.03. The molecule has 0 heterocycles. The van der Waals surface area contributed by atoms with Crippen LogP contribution >= 0.6 is 35.6 Å². The second-order valence-electron chi connectivity index (χ2n) is 5.87. The molecule has 6 nitrogen and oxygen atoms in total. The van der Waals surface area contributed by atoms with Gasteiger partial charge in [-0.1, -0.05) is 29.8 Å². The number of aryl methyl sites for hydroxylation is 1. The zero-order valence-corrected chi connectivity index (χ0v) is 19.4. The van der Waals surface area contributed by atoms with E-state index >= 15 is 0 Å². The SMILES string of the molecule is CN=C(NCCS(=O)(=O)Nc1ccc(C)c(F)c1)NCc1cccc(Cl)c1.I. The molecule has 0 saturated heterocycles. The maximum absolute atomic E-state index is 13.5. The number of halogens is 3. The number of benzene rings is 2. The molecular formula is C18H23ClFIN4O2S. The molecule has 0 aliphatic rings. The third-order valence-corrected chi connectivity index (χ3v) is 5.20. The largest absolute Gasteiger partial charge is 0.355 e. The molecule has 28 heavy (non-hydrogen) atoms. The van der Waals surface area contributed by atoms with Gasteiger partial charge < -0.3 is 10.6 Å². The summed E-state index contributed by atoms with van der Waals surface area (Å²) in [5.74, 6) is -0.189. The van der Waals surface area contributed by atoms with Crippen molar-refractivity contribution in [2.75, 3.05) is 24.1 Å². The average molecular weight is 541 g/mol. The van der Waals surface area contributed by atoms with Crippen molar-refractivity contribution >= 4 is 57.2 Å². The van der Waals surface area contributed by atoms with Crippen molar-refractivity contribution in [1.29, 1.82) is 0 Å². The van der Waals surface area contributed by atoms with E-state index in [4.69, 9.17) is 11.6 Å². The fraction of sp³-hybridized carbons (Fsp3) is 0.278. The quantitative estimate of drug-likeness (QED) is 0.285. The minimum atomic E-state index is -3.62. The number of guanidine groups is 1. The van der Waals surface area contributed by atoms with Crippen LogP contribution in [0.2, 0.25) is 5.02 Å². The molecule has 2 rings (SSSR count). The Balaban J connectivity index is 0.00000392. The molecule has 10 heteroatoms. The Morgan fingerprint density at radius 3 is 2.57 bits per heavy atom. The van der Waals surface area contributed by atoms with E-state index in [9.17, 15) is 12.8 Å². The van der Waals surface area contributed by atoms with Gasteiger partial charge in [-0.3, -0.25) is 9.71 Å². The fourth-order valence-electron chi connectivity index (χ4n) is 2.24. The Hall–Kier alpha value is -1.59. The summed E-state index contributed by atoms with van der Waals surface area (Å²) >= 11 is 5.94. The van der Waals surface area contributed by atoms with E-state index < -0.39 is 15.8 Å². The monoisotopic (exact) mass is 540 g/mol. The third-order valence-electron chi connectivity index (χ3n) is 3.68. The predicted molar refractivity (Wildman–Crippen MR) is 124 cm³/mol. The van der Waals surface area contributed by atoms with Gasteiger partial charge in [0.05, 0.1) is 11.4 Å². The number of hydrogen-bond donors (Lipinski definition) is 3. The molecule has 0 saturated carbocycles. The summed E-state index contributed by atoms with van der Waals surface area (Å²) in [6, 6.07) is 11.6. The summed E-state index contributed by atoms with van der Waals surface area (Å²) < 4.78 is 40.2. The van der Waals surface area contributed by atoms with Gasteiger partial charge in [-0.2, -0.15) is 0 Å². The van der Waals surface area contributed by atoms with Gasteiger partial charge in [0, 0.05) is 25.2 Å². The summed E-state index contributed by atoms with van der Waals surface area (Å²) in [5, 5.41) is 6.65. The maximum Gasteiger partial charge on any atom is 0.234 e. The molecule has 0 spiro atoms. The number of sulfonamides is 1. The Kier molecular flexibility index (Phi) is 9.97. The van der Waals surface area contributed by atoms with Gasteiger partial charge in [0.2, 0.25) is 10.0 Å². The van der Waals surface area contributed by atoms with Crippen LogP contribution in [-0.2, 0) is 16.6 Å². The lowest BCUT2D eigenvalue weighted by atomic mass is 10.2. The van der Waals surface area contributed by atoms with E-state index in [0.717, 1.165) is 11.6 Å². The standard InChI is InChI=1S/C18H22ClFN4O2S.HI/c1-13-6-7-16(11-17(13)20)24-27(25,26)9-8-22-18(21-2)23-12-14-4-3-5-15(19)10-14;/h3-7,10-11,24H,8-9,12H2,1-2H3,(H2,21,22,23);1H. The van der Waals surface area contributed by atoms with Crippen LogP contribution in [0.25, 0.3) is 0 Å². The number of rotatable bonds is 7. The highest BCUT2D eigenvalue weighted by atomic mass is 127. The number of anilines is 1. The van der Waals surface area contributed by atoms with Crippen LogP contribution in [0.5, 0.6) is 0 Å². The van der Waals surface area contributed by atoms with Gasteiger partial charge in [-0.05, 0) is 42.3 Å². The first-order valence-corrected chi connectivity index (χ1v) is 10.3. The first-order valence-electron chi connectivity index (χ1n) is 8.24. The molecule has 3 N–H and O–H groups in total. The van der Waals surface area contributed by atoms with Crippen molar-refractivity contribution in [3.63, 3.8) is 0 Å². The molecule has 0 bridgehead atoms. The lowest BCUT2D eigenvalue weighted by Gasteiger charge is -2.13. The van der Waals surface area contributed by atoms with Gasteiger partial charge in [0.1, 0.15) is 5.82 Å². The van der Waals surface area contributed by atoms with Gasteiger partial charge >= 0.3 is 0 Å². The van der Waals surface area contributed by atoms with Gasteiger partial charge in [-0.15, -0.1) is 24.0 Å². The van der Waals surface area contributed by atoms with Gasteiger partial charge in [0.25, 0.3) is 0 Å². The third kappa shape index (κ3) is 8.19. The molecule has 0 aromatic heterocycles. The van der Waals surface area contributed by atoms with Crippen molar-refractivity contribution in [3.05, 3.63) is 64.4 Å². The normalized spacial score (nSPS) is 11.5. The summed E-state index contributed by atoms with van der Waals surface area (Å²) in [6.45, 7) is 2.24. The molecule has 0 aliphatic heterocycles. The highest BCUT2D eigenvalue weighted by Gasteiger charge is 2.12. The van der Waals surface area contributed by atoms with Crippen molar-refractivity contribution in [2.24, 2.45) is 4.99 Å². The fourth-order valence-corrected chi connectivity index (χ4v) is 3.42. The molecule has 0 fully saturated rings. The van der Waals surface area contributed by atoms with Gasteiger partial charge in [0.15, 0.2) is 5.96 Å². The van der Waals surface area contributed by atoms with Crippen LogP contribution in [0.4, 0.5) is 10.1 Å². The van der Waals surface area contributed by atoms with E-state index in [2.05, 4.69) is 20.3 Å². The summed E-state index contributed by atoms with van der Waals surface area (Å²) in [6.07, 6.45) is 0. The predicted octanol–water partition coefficient (Wildman–Crippen LogP) is 3.51. The Morgan fingerprint density at radius 2 is 1.93 bits per heavy atom. The van der Waals surface area contributed by atoms with Crippen molar-refractivity contribution in [2.45, 2.75) is 13.5 Å². The zero-order valence-electron chi connectivity index (χ0n) is 15.5. The Morgan fingerprint density at radius 1 is 1.18 bits per heavy atom. The van der Waals surface area contributed by atoms with Crippen LogP contribution in [-0.4, -0.2) is 33.7 Å². The highest BCUT2D eigenvalue weighted by molar-refractivity contribution is 14.0. The minimum absolute atomic E-state index is 0. The number of nitrogens with zero attached hydrogens (tertiary/aromatic N) is 1. The first-order chi connectivity index (χ1) is 12.8. The number of nitrogens with one attached hydrogen (secondary N) is 3. The lowest BCUT2D eigenvalue weighted by molar-refractivity contribution is 0.599. The van der Waals surface area contributed by atoms with E-state index in [1.54, 1.807) is 20.0 Å². The average Bonchev–Trinajstić information content (AvgIpc) is 2.61. The Labute approximate surface area is 187 Å². The van der Waals surface area contributed by atoms with Crippen LogP contribution in [0.15, 0.2) is 47.5 Å². The highest BCUT2D eigenvalue weighted by Crippen LogP contribution is 2.15. The summed E-state index contributed by atoms with van der Waals surface area (Å²) in [4.78, 5) is 4.05. The van der Waals surface area contributed by atoms with Crippen LogP contribution in [0.1, 0.15) is 11.1 Å². The maximum atomic E-state index is 13.5. The van der Waals surface area contributed by atoms with Gasteiger partial charge in [-0.25, -0.2) is 12.8 Å². The molecule has 0 amide bonds. The van der Waals surface area contributed by atoms with E-state index in [1.807, 2.05) is 18.2 Å². The van der Waals surface area contributed by atoms with Crippen LogP contribution in [0.3, 0.4) is 0 Å². The summed E-state index contributed by atoms with van der Waals surface area (Å²) in [5.41, 5.74) is 1.62. The van der Waals surface area contributed by atoms with Crippen molar-refractivity contribution in [1.82, 2.24) is 10.6 Å². The molecule has 0 radical (unpaired) electrons. The van der Waals surface area contributed by atoms with Crippen molar-refractivity contribution < 1.29 is 12.8 Å². The first kappa shape index (κ1) is 24.4. The lowest BCUT2D eigenvalue weighted by Crippen LogP contribution is -2.39. The molecule has 0 atom stereocenters. The number of hydrogen-bond acceptors (Lipinski definition) is 3. The second-order valence-corrected chi connectivity index (χ2v) is 8.15. The molecule has 2 aromatic rings. The topological polar surface area (TPSA) is 82.6 Å². The number of aliphatic imine (C=N–C) groups is 1. The molecule has 0 unspecified atom stereocenters. The van der Waals surface area contributed by atoms with E-state index in [0.29, 0.717) is 23.1 Å².